The Morgan fingerprint density at radius 2 is 1.89 bits per heavy atom. The number of benzene rings is 2. The summed E-state index contributed by atoms with van der Waals surface area (Å²) in [5.41, 5.74) is 2.55. The number of aryl methyl sites for hydroxylation is 1. The van der Waals surface area contributed by atoms with Crippen molar-refractivity contribution in [3.05, 3.63) is 65.5 Å². The van der Waals surface area contributed by atoms with Crippen molar-refractivity contribution in [2.75, 3.05) is 22.9 Å². The molecular weight excluding hydrogens is 399 g/mol. The molecule has 0 saturated carbocycles. The van der Waals surface area contributed by atoms with E-state index in [1.807, 2.05) is 6.92 Å². The highest BCUT2D eigenvalue weighted by Crippen LogP contribution is 2.21. The first-order valence-electron chi connectivity index (χ1n) is 8.84. The summed E-state index contributed by atoms with van der Waals surface area (Å²) < 4.78 is 38.8. The Morgan fingerprint density at radius 1 is 1.21 bits per heavy atom. The third-order valence-electron chi connectivity index (χ3n) is 4.09. The van der Waals surface area contributed by atoms with Crippen LogP contribution in [0.4, 0.5) is 10.1 Å². The maximum atomic E-state index is 13.5. The van der Waals surface area contributed by atoms with E-state index in [1.165, 1.54) is 36.2 Å². The van der Waals surface area contributed by atoms with Crippen molar-refractivity contribution >= 4 is 33.4 Å². The molecule has 1 N–H and O–H groups in total. The molecule has 2 aromatic carbocycles. The number of hydrogen-bond donors (Lipinski definition) is 1. The van der Waals surface area contributed by atoms with E-state index in [0.717, 1.165) is 22.4 Å². The minimum atomic E-state index is -3.75. The number of rotatable bonds is 9. The average molecular weight is 425 g/mol. The van der Waals surface area contributed by atoms with E-state index >= 15 is 0 Å². The van der Waals surface area contributed by atoms with E-state index in [2.05, 4.69) is 29.6 Å². The van der Waals surface area contributed by atoms with Crippen LogP contribution in [0.5, 0.6) is 0 Å². The molecule has 28 heavy (non-hydrogen) atoms. The molecule has 0 spiro atoms. The molecule has 0 aliphatic carbocycles. The molecular formula is C20H25FN2O3S2. The molecule has 2 rings (SSSR count). The second-order valence-corrected chi connectivity index (χ2v) is 9.51. The van der Waals surface area contributed by atoms with Crippen LogP contribution in [0.25, 0.3) is 0 Å². The van der Waals surface area contributed by atoms with Crippen molar-refractivity contribution in [3.8, 4) is 0 Å². The number of hydrogen-bond acceptors (Lipinski definition) is 4. The first kappa shape index (κ1) is 22.2. The van der Waals surface area contributed by atoms with Crippen LogP contribution in [0.2, 0.25) is 0 Å². The van der Waals surface area contributed by atoms with Gasteiger partial charge in [-0.1, -0.05) is 35.9 Å². The van der Waals surface area contributed by atoms with Gasteiger partial charge in [0.2, 0.25) is 15.9 Å². The minimum Gasteiger partial charge on any atom is -0.353 e. The summed E-state index contributed by atoms with van der Waals surface area (Å²) in [7, 11) is -3.75. The van der Waals surface area contributed by atoms with Crippen molar-refractivity contribution in [2.45, 2.75) is 25.6 Å². The van der Waals surface area contributed by atoms with Crippen LogP contribution in [0.15, 0.2) is 48.5 Å². The SMILES string of the molecule is Cc1ccc(CSCCNC(=O)C(C)N(c2cccc(F)c2)S(C)(=O)=O)cc1. The van der Waals surface area contributed by atoms with E-state index in [-0.39, 0.29) is 5.69 Å². The Labute approximate surface area is 170 Å². The van der Waals surface area contributed by atoms with E-state index in [9.17, 15) is 17.6 Å². The van der Waals surface area contributed by atoms with Crippen molar-refractivity contribution in [1.82, 2.24) is 5.32 Å². The molecule has 0 aliphatic heterocycles. The topological polar surface area (TPSA) is 66.5 Å². The highest BCUT2D eigenvalue weighted by molar-refractivity contribution is 7.98. The highest BCUT2D eigenvalue weighted by Gasteiger charge is 2.29. The molecule has 1 atom stereocenters. The van der Waals surface area contributed by atoms with Crippen molar-refractivity contribution in [2.24, 2.45) is 0 Å². The van der Waals surface area contributed by atoms with Gasteiger partial charge in [0.15, 0.2) is 0 Å². The number of amides is 1. The van der Waals surface area contributed by atoms with Crippen molar-refractivity contribution < 1.29 is 17.6 Å². The van der Waals surface area contributed by atoms with Crippen LogP contribution in [-0.2, 0) is 20.6 Å². The number of thioether (sulfide) groups is 1. The number of anilines is 1. The molecule has 1 amide bonds. The quantitative estimate of drug-likeness (QED) is 0.627. The lowest BCUT2D eigenvalue weighted by Gasteiger charge is -2.28. The van der Waals surface area contributed by atoms with Crippen LogP contribution in [0, 0.1) is 12.7 Å². The largest absolute Gasteiger partial charge is 0.353 e. The van der Waals surface area contributed by atoms with Gasteiger partial charge < -0.3 is 5.32 Å². The van der Waals surface area contributed by atoms with E-state index < -0.39 is 27.8 Å². The second kappa shape index (κ2) is 9.93. The summed E-state index contributed by atoms with van der Waals surface area (Å²) >= 11 is 1.68. The second-order valence-electron chi connectivity index (χ2n) is 6.54. The fourth-order valence-corrected chi connectivity index (χ4v) is 4.68. The maximum Gasteiger partial charge on any atom is 0.243 e. The molecule has 0 saturated heterocycles. The highest BCUT2D eigenvalue weighted by atomic mass is 32.2. The first-order chi connectivity index (χ1) is 13.2. The zero-order valence-electron chi connectivity index (χ0n) is 16.2. The third-order valence-corrected chi connectivity index (χ3v) is 6.36. The lowest BCUT2D eigenvalue weighted by atomic mass is 10.2. The van der Waals surface area contributed by atoms with Gasteiger partial charge in [0.05, 0.1) is 11.9 Å². The van der Waals surface area contributed by atoms with Gasteiger partial charge in [0.1, 0.15) is 11.9 Å². The summed E-state index contributed by atoms with van der Waals surface area (Å²) in [6.07, 6.45) is 0.999. The molecule has 0 aliphatic rings. The van der Waals surface area contributed by atoms with Gasteiger partial charge in [0.25, 0.3) is 0 Å². The van der Waals surface area contributed by atoms with Gasteiger partial charge in [-0.15, -0.1) is 0 Å². The summed E-state index contributed by atoms with van der Waals surface area (Å²) in [5.74, 6) is 0.548. The third kappa shape index (κ3) is 6.53. The molecule has 0 bridgehead atoms. The van der Waals surface area contributed by atoms with Crippen molar-refractivity contribution in [3.63, 3.8) is 0 Å². The Morgan fingerprint density at radius 3 is 2.50 bits per heavy atom. The monoisotopic (exact) mass is 424 g/mol. The standard InChI is InChI=1S/C20H25FN2O3S2/c1-15-7-9-17(10-8-15)14-27-12-11-22-20(24)16(2)23(28(3,25)26)19-6-4-5-18(21)13-19/h4-10,13,16H,11-12,14H2,1-3H3,(H,22,24). The molecule has 0 radical (unpaired) electrons. The Hall–Kier alpha value is -2.06. The van der Waals surface area contributed by atoms with Gasteiger partial charge >= 0.3 is 0 Å². The van der Waals surface area contributed by atoms with Crippen LogP contribution in [-0.4, -0.2) is 38.9 Å². The average Bonchev–Trinajstić information content (AvgIpc) is 2.61. The molecule has 152 valence electrons. The van der Waals surface area contributed by atoms with Gasteiger partial charge in [-0.25, -0.2) is 12.8 Å². The molecule has 2 aromatic rings. The van der Waals surface area contributed by atoms with Crippen molar-refractivity contribution in [1.29, 1.82) is 0 Å². The summed E-state index contributed by atoms with van der Waals surface area (Å²) in [5, 5.41) is 2.76. The minimum absolute atomic E-state index is 0.124. The molecule has 1 unspecified atom stereocenters. The number of nitrogens with zero attached hydrogens (tertiary/aromatic N) is 1. The van der Waals surface area contributed by atoms with Gasteiger partial charge in [0, 0.05) is 18.1 Å². The molecule has 0 fully saturated rings. The smallest absolute Gasteiger partial charge is 0.243 e. The number of sulfonamides is 1. The van der Waals surface area contributed by atoms with Gasteiger partial charge in [-0.05, 0) is 37.6 Å². The Kier molecular flexibility index (Phi) is 7.88. The van der Waals surface area contributed by atoms with E-state index in [0.29, 0.717) is 12.3 Å². The summed E-state index contributed by atoms with van der Waals surface area (Å²) in [4.78, 5) is 12.4. The molecule has 8 heteroatoms. The van der Waals surface area contributed by atoms with Crippen LogP contribution < -0.4 is 9.62 Å². The Bertz CT molecular complexity index is 902. The lowest BCUT2D eigenvalue weighted by molar-refractivity contribution is -0.121. The van der Waals surface area contributed by atoms with Crippen LogP contribution >= 0.6 is 11.8 Å². The summed E-state index contributed by atoms with van der Waals surface area (Å²) in [6.45, 7) is 3.94. The van der Waals surface area contributed by atoms with E-state index in [4.69, 9.17) is 0 Å². The van der Waals surface area contributed by atoms with Gasteiger partial charge in [-0.3, -0.25) is 9.10 Å². The van der Waals surface area contributed by atoms with Gasteiger partial charge in [-0.2, -0.15) is 11.8 Å². The first-order valence-corrected chi connectivity index (χ1v) is 11.8. The predicted molar refractivity (Wildman–Crippen MR) is 114 cm³/mol. The molecule has 5 nitrogen and oxygen atoms in total. The van der Waals surface area contributed by atoms with E-state index in [1.54, 1.807) is 11.8 Å². The number of carbonyl (C=O) groups is 1. The fourth-order valence-electron chi connectivity index (χ4n) is 2.69. The lowest BCUT2D eigenvalue weighted by Crippen LogP contribution is -2.48. The normalized spacial score (nSPS) is 12.4. The molecule has 0 aromatic heterocycles. The Balaban J connectivity index is 1.89. The molecule has 0 heterocycles. The van der Waals surface area contributed by atoms with Crippen LogP contribution in [0.3, 0.4) is 0 Å². The fraction of sp³-hybridized carbons (Fsp3) is 0.350. The number of carbonyl (C=O) groups excluding carboxylic acids is 1. The maximum absolute atomic E-state index is 13.5. The number of nitrogens with one attached hydrogen (secondary N) is 1. The summed E-state index contributed by atoms with van der Waals surface area (Å²) in [6, 6.07) is 12.5. The van der Waals surface area contributed by atoms with Crippen LogP contribution in [0.1, 0.15) is 18.1 Å². The zero-order valence-corrected chi connectivity index (χ0v) is 17.8. The predicted octanol–water partition coefficient (Wildman–Crippen LogP) is 3.34. The zero-order chi connectivity index (χ0) is 20.7. The number of halogens is 1.